The van der Waals surface area contributed by atoms with Crippen molar-refractivity contribution in [3.63, 3.8) is 0 Å². The highest BCUT2D eigenvalue weighted by Crippen LogP contribution is 2.36. The second-order valence-electron chi connectivity index (χ2n) is 12.5. The van der Waals surface area contributed by atoms with Crippen molar-refractivity contribution in [2.45, 2.75) is 82.5 Å². The van der Waals surface area contributed by atoms with Gasteiger partial charge in [0, 0.05) is 36.8 Å². The number of aryl methyl sites for hydroxylation is 1. The Hall–Kier alpha value is -4.30. The summed E-state index contributed by atoms with van der Waals surface area (Å²) in [6.07, 6.45) is 9.64. The standard InChI is InChI=1S/C32H38FN9O3S/c1-17-38-32(45-22-9-7-20(8-10-22)39-19-5-6-19)28(46-17)31(44)40-21-3-2-12-41(15-21)26-14-25(42-27(26)29(34)36-16-37-42)18-4-11-23(30(35)43)24(33)13-18/h4,11,13-14,16,19-22,39H,2-3,5-10,12,15H2,1H3,(H2,35,43)(H,40,44)(H2,34,36,37)/t20?,21-,22?/m1/s1. The van der Waals surface area contributed by atoms with Gasteiger partial charge >= 0.3 is 0 Å². The maximum absolute atomic E-state index is 14.7. The number of benzene rings is 1. The Kier molecular flexibility index (Phi) is 8.24. The molecule has 2 aliphatic carbocycles. The minimum Gasteiger partial charge on any atom is -0.473 e. The predicted molar refractivity (Wildman–Crippen MR) is 174 cm³/mol. The molecule has 4 heterocycles. The summed E-state index contributed by atoms with van der Waals surface area (Å²) in [7, 11) is 0. The summed E-state index contributed by atoms with van der Waals surface area (Å²) in [5.41, 5.74) is 13.9. The number of carbonyl (C=O) groups excluding carboxylic acids is 2. The number of nitrogens with zero attached hydrogens (tertiary/aromatic N) is 5. The van der Waals surface area contributed by atoms with Crippen LogP contribution in [0.2, 0.25) is 0 Å². The number of anilines is 2. The molecule has 14 heteroatoms. The lowest BCUT2D eigenvalue weighted by atomic mass is 9.93. The molecule has 4 aromatic rings. The molecule has 46 heavy (non-hydrogen) atoms. The van der Waals surface area contributed by atoms with Gasteiger partial charge in [0.2, 0.25) is 5.88 Å². The molecule has 0 unspecified atom stereocenters. The molecule has 2 saturated carbocycles. The number of aromatic nitrogens is 4. The van der Waals surface area contributed by atoms with E-state index < -0.39 is 11.7 Å². The summed E-state index contributed by atoms with van der Waals surface area (Å²) in [5.74, 6) is -1.05. The topological polar surface area (TPSA) is 166 Å². The summed E-state index contributed by atoms with van der Waals surface area (Å²) >= 11 is 1.35. The summed E-state index contributed by atoms with van der Waals surface area (Å²) in [4.78, 5) is 36.6. The zero-order valence-electron chi connectivity index (χ0n) is 25.7. The largest absolute Gasteiger partial charge is 0.473 e. The number of halogens is 1. The lowest BCUT2D eigenvalue weighted by molar-refractivity contribution is 0.0920. The number of hydrogen-bond acceptors (Lipinski definition) is 10. The number of nitrogen functional groups attached to an aromatic ring is 1. The zero-order chi connectivity index (χ0) is 31.9. The fourth-order valence-electron chi connectivity index (χ4n) is 6.65. The molecule has 0 spiro atoms. The fourth-order valence-corrected chi connectivity index (χ4v) is 7.41. The molecule has 3 aliphatic rings. The van der Waals surface area contributed by atoms with E-state index in [4.69, 9.17) is 16.2 Å². The van der Waals surface area contributed by atoms with Gasteiger partial charge in [-0.3, -0.25) is 9.59 Å². The Morgan fingerprint density at radius 2 is 1.83 bits per heavy atom. The monoisotopic (exact) mass is 647 g/mol. The van der Waals surface area contributed by atoms with E-state index in [1.807, 2.05) is 13.0 Å². The van der Waals surface area contributed by atoms with Crippen molar-refractivity contribution in [2.75, 3.05) is 23.7 Å². The molecule has 3 fully saturated rings. The molecule has 2 amide bonds. The van der Waals surface area contributed by atoms with Crippen LogP contribution in [-0.2, 0) is 0 Å². The lowest BCUT2D eigenvalue weighted by Gasteiger charge is -2.34. The average Bonchev–Trinajstić information content (AvgIpc) is 3.64. The van der Waals surface area contributed by atoms with Crippen molar-refractivity contribution in [1.29, 1.82) is 0 Å². The number of fused-ring (bicyclic) bond motifs is 1. The van der Waals surface area contributed by atoms with E-state index in [1.54, 1.807) is 10.6 Å². The number of piperidine rings is 1. The molecule has 0 radical (unpaired) electrons. The number of nitrogens with two attached hydrogens (primary N) is 2. The molecular weight excluding hydrogens is 609 g/mol. The zero-order valence-corrected chi connectivity index (χ0v) is 26.5. The number of nitrogens with one attached hydrogen (secondary N) is 2. The summed E-state index contributed by atoms with van der Waals surface area (Å²) in [6, 6.07) is 7.25. The van der Waals surface area contributed by atoms with Gasteiger partial charge in [-0.2, -0.15) is 5.10 Å². The first kappa shape index (κ1) is 30.4. The third kappa shape index (κ3) is 6.23. The van der Waals surface area contributed by atoms with Crippen LogP contribution >= 0.6 is 11.3 Å². The maximum atomic E-state index is 14.7. The van der Waals surface area contributed by atoms with Gasteiger partial charge in [0.15, 0.2) is 10.7 Å². The van der Waals surface area contributed by atoms with Crippen LogP contribution in [0.3, 0.4) is 0 Å². The molecule has 1 aliphatic heterocycles. The number of thiazole rings is 1. The van der Waals surface area contributed by atoms with Crippen LogP contribution in [0.1, 0.15) is 76.4 Å². The SMILES string of the molecule is Cc1nc(OC2CCC(NC3CC3)CC2)c(C(=O)N[C@@H]2CCCN(c3cc(-c4ccc(C(N)=O)c(F)c4)n4ncnc(N)c34)C2)s1. The van der Waals surface area contributed by atoms with Gasteiger partial charge in [0.25, 0.3) is 11.8 Å². The van der Waals surface area contributed by atoms with Gasteiger partial charge in [0.05, 0.1) is 22.0 Å². The van der Waals surface area contributed by atoms with Crippen molar-refractivity contribution in [2.24, 2.45) is 5.73 Å². The molecule has 1 saturated heterocycles. The van der Waals surface area contributed by atoms with Crippen molar-refractivity contribution in [1.82, 2.24) is 30.2 Å². The molecular formula is C32H38FN9O3S. The molecule has 242 valence electrons. The first-order valence-electron chi connectivity index (χ1n) is 15.9. The van der Waals surface area contributed by atoms with E-state index in [2.05, 4.69) is 30.6 Å². The number of primary amides is 1. The molecule has 1 aromatic carbocycles. The van der Waals surface area contributed by atoms with E-state index in [9.17, 15) is 14.0 Å². The van der Waals surface area contributed by atoms with Gasteiger partial charge in [-0.15, -0.1) is 11.3 Å². The van der Waals surface area contributed by atoms with Gasteiger partial charge in [-0.05, 0) is 76.5 Å². The maximum Gasteiger partial charge on any atom is 0.267 e. The Bertz CT molecular complexity index is 1780. The van der Waals surface area contributed by atoms with Crippen molar-refractivity contribution in [3.8, 4) is 17.1 Å². The van der Waals surface area contributed by atoms with Gasteiger partial charge in [-0.25, -0.2) is 18.9 Å². The Balaban J connectivity index is 1.07. The summed E-state index contributed by atoms with van der Waals surface area (Å²) < 4.78 is 22.7. The predicted octanol–water partition coefficient (Wildman–Crippen LogP) is 3.82. The number of hydrogen-bond donors (Lipinski definition) is 4. The minimum absolute atomic E-state index is 0.0564. The molecule has 6 N–H and O–H groups in total. The highest BCUT2D eigenvalue weighted by atomic mass is 32.1. The number of ether oxygens (including phenoxy) is 1. The second kappa shape index (κ2) is 12.5. The molecule has 0 bridgehead atoms. The molecule has 7 rings (SSSR count). The smallest absolute Gasteiger partial charge is 0.267 e. The van der Waals surface area contributed by atoms with E-state index in [0.717, 1.165) is 55.8 Å². The van der Waals surface area contributed by atoms with Crippen molar-refractivity contribution < 1.29 is 18.7 Å². The number of carbonyl (C=O) groups is 2. The van der Waals surface area contributed by atoms with Crippen molar-refractivity contribution >= 4 is 40.2 Å². The van der Waals surface area contributed by atoms with Crippen LogP contribution in [0.25, 0.3) is 16.8 Å². The van der Waals surface area contributed by atoms with Crippen LogP contribution in [0.4, 0.5) is 15.9 Å². The number of rotatable bonds is 9. The summed E-state index contributed by atoms with van der Waals surface area (Å²) in [6.45, 7) is 3.14. The summed E-state index contributed by atoms with van der Waals surface area (Å²) in [5, 5.41) is 12.1. The van der Waals surface area contributed by atoms with Gasteiger partial charge in [-0.1, -0.05) is 6.07 Å². The third-order valence-corrected chi connectivity index (χ3v) is 10.1. The highest BCUT2D eigenvalue weighted by Gasteiger charge is 2.31. The second-order valence-corrected chi connectivity index (χ2v) is 13.7. The minimum atomic E-state index is -0.839. The van der Waals surface area contributed by atoms with Crippen LogP contribution in [0.5, 0.6) is 5.88 Å². The highest BCUT2D eigenvalue weighted by molar-refractivity contribution is 7.13. The van der Waals surface area contributed by atoms with Crippen molar-refractivity contribution in [3.05, 3.63) is 51.9 Å². The first-order chi connectivity index (χ1) is 22.2. The van der Waals surface area contributed by atoms with Crippen LogP contribution < -0.4 is 31.7 Å². The van der Waals surface area contributed by atoms with Crippen LogP contribution in [0.15, 0.2) is 30.6 Å². The third-order valence-electron chi connectivity index (χ3n) is 9.10. The lowest BCUT2D eigenvalue weighted by Crippen LogP contribution is -2.47. The van der Waals surface area contributed by atoms with Gasteiger partial charge in [0.1, 0.15) is 23.8 Å². The van der Waals surface area contributed by atoms with Crippen LogP contribution in [0, 0.1) is 12.7 Å². The fraction of sp³-hybridized carbons (Fsp3) is 0.469. The van der Waals surface area contributed by atoms with E-state index in [1.165, 1.54) is 42.6 Å². The van der Waals surface area contributed by atoms with Crippen LogP contribution in [-0.4, -0.2) is 68.7 Å². The molecule has 3 aromatic heterocycles. The van der Waals surface area contributed by atoms with E-state index in [-0.39, 0.29) is 29.4 Å². The van der Waals surface area contributed by atoms with Gasteiger partial charge < -0.3 is 31.7 Å². The Labute approximate surface area is 269 Å². The Morgan fingerprint density at radius 1 is 1.07 bits per heavy atom. The quantitative estimate of drug-likeness (QED) is 0.211. The van der Waals surface area contributed by atoms with E-state index in [0.29, 0.717) is 46.2 Å². The normalized spacial score (nSPS) is 21.8. The van der Waals surface area contributed by atoms with E-state index >= 15 is 0 Å². The molecule has 12 nitrogen and oxygen atoms in total. The Morgan fingerprint density at radius 3 is 2.54 bits per heavy atom. The first-order valence-corrected chi connectivity index (χ1v) is 16.7. The number of amides is 2. The average molecular weight is 648 g/mol. The molecule has 1 atom stereocenters.